The minimum atomic E-state index is -4.47. The number of hydrogen-bond acceptors (Lipinski definition) is 3. The van der Waals surface area contributed by atoms with E-state index in [1.165, 1.54) is 6.20 Å². The van der Waals surface area contributed by atoms with Crippen LogP contribution in [0.2, 0.25) is 0 Å². The van der Waals surface area contributed by atoms with Crippen molar-refractivity contribution in [2.24, 2.45) is 0 Å². The number of carbonyl (C=O) groups is 1. The molecule has 5 nitrogen and oxygen atoms in total. The van der Waals surface area contributed by atoms with Gasteiger partial charge in [-0.25, -0.2) is 0 Å². The van der Waals surface area contributed by atoms with Crippen molar-refractivity contribution in [2.75, 3.05) is 13.2 Å². The van der Waals surface area contributed by atoms with Crippen LogP contribution in [0.5, 0.6) is 5.75 Å². The van der Waals surface area contributed by atoms with Crippen molar-refractivity contribution >= 4 is 5.91 Å². The van der Waals surface area contributed by atoms with Crippen LogP contribution in [0.3, 0.4) is 0 Å². The molecule has 124 valence electrons. The van der Waals surface area contributed by atoms with E-state index in [1.54, 1.807) is 24.3 Å². The average molecular weight is 327 g/mol. The Labute approximate surface area is 131 Å². The summed E-state index contributed by atoms with van der Waals surface area (Å²) >= 11 is 0. The summed E-state index contributed by atoms with van der Waals surface area (Å²) in [6.45, 7) is 2.53. The minimum Gasteiger partial charge on any atom is -0.493 e. The van der Waals surface area contributed by atoms with Crippen molar-refractivity contribution < 1.29 is 22.7 Å². The summed E-state index contributed by atoms with van der Waals surface area (Å²) in [5.74, 6) is 0.114. The van der Waals surface area contributed by atoms with Gasteiger partial charge in [0.2, 0.25) is 0 Å². The van der Waals surface area contributed by atoms with E-state index in [4.69, 9.17) is 4.74 Å². The molecule has 0 aliphatic rings. The predicted octanol–water partition coefficient (Wildman–Crippen LogP) is 2.73. The Bertz CT molecular complexity index is 668. The second-order valence-corrected chi connectivity index (χ2v) is 4.65. The summed E-state index contributed by atoms with van der Waals surface area (Å²) in [5.41, 5.74) is -0.573. The molecule has 1 amide bonds. The maximum atomic E-state index is 12.4. The van der Waals surface area contributed by atoms with E-state index in [0.29, 0.717) is 17.9 Å². The molecule has 0 spiro atoms. The van der Waals surface area contributed by atoms with Gasteiger partial charge in [0.15, 0.2) is 5.69 Å². The number of para-hydroxylation sites is 1. The van der Waals surface area contributed by atoms with E-state index in [0.717, 1.165) is 10.7 Å². The molecule has 0 aliphatic carbocycles. The number of amides is 1. The lowest BCUT2D eigenvalue weighted by Gasteiger charge is -2.10. The molecule has 0 saturated heterocycles. The molecule has 0 aliphatic heterocycles. The predicted molar refractivity (Wildman–Crippen MR) is 77.2 cm³/mol. The first kappa shape index (κ1) is 16.9. The Morgan fingerprint density at radius 3 is 2.70 bits per heavy atom. The summed E-state index contributed by atoms with van der Waals surface area (Å²) in [6, 6.07) is 7.66. The van der Waals surface area contributed by atoms with Crippen molar-refractivity contribution in [1.82, 2.24) is 15.1 Å². The second-order valence-electron chi connectivity index (χ2n) is 4.65. The number of hydrogen-bond donors (Lipinski definition) is 1. The van der Waals surface area contributed by atoms with Gasteiger partial charge in [-0.05, 0) is 25.1 Å². The molecule has 2 rings (SSSR count). The molecule has 2 aromatic rings. The minimum absolute atomic E-state index is 0.138. The molecule has 23 heavy (non-hydrogen) atoms. The SMILES string of the molecule is CCOc1ccccc1C(=O)NCCn1ccc(C(F)(F)F)n1. The van der Waals surface area contributed by atoms with Crippen LogP contribution in [-0.2, 0) is 12.7 Å². The summed E-state index contributed by atoms with van der Waals surface area (Å²) < 4.78 is 43.8. The Hall–Kier alpha value is -2.51. The second kappa shape index (κ2) is 7.17. The Balaban J connectivity index is 1.91. The number of carbonyl (C=O) groups excluding carboxylic acids is 1. The highest BCUT2D eigenvalue weighted by Gasteiger charge is 2.33. The number of benzene rings is 1. The Kier molecular flexibility index (Phi) is 5.25. The normalized spacial score (nSPS) is 11.3. The van der Waals surface area contributed by atoms with Crippen LogP contribution >= 0.6 is 0 Å². The monoisotopic (exact) mass is 327 g/mol. The number of rotatable bonds is 6. The summed E-state index contributed by atoms with van der Waals surface area (Å²) in [7, 11) is 0. The van der Waals surface area contributed by atoms with Crippen LogP contribution < -0.4 is 10.1 Å². The van der Waals surface area contributed by atoms with Crippen LogP contribution in [-0.4, -0.2) is 28.8 Å². The molecule has 0 unspecified atom stereocenters. The molecule has 0 radical (unpaired) electrons. The van der Waals surface area contributed by atoms with Gasteiger partial charge >= 0.3 is 6.18 Å². The van der Waals surface area contributed by atoms with E-state index in [9.17, 15) is 18.0 Å². The smallest absolute Gasteiger partial charge is 0.435 e. The average Bonchev–Trinajstić information content (AvgIpc) is 2.97. The van der Waals surface area contributed by atoms with Crippen LogP contribution in [0.25, 0.3) is 0 Å². The van der Waals surface area contributed by atoms with Gasteiger partial charge in [-0.15, -0.1) is 0 Å². The van der Waals surface area contributed by atoms with Gasteiger partial charge in [0.25, 0.3) is 5.91 Å². The third-order valence-electron chi connectivity index (χ3n) is 2.99. The van der Waals surface area contributed by atoms with Gasteiger partial charge < -0.3 is 10.1 Å². The maximum absolute atomic E-state index is 12.4. The first-order chi connectivity index (χ1) is 10.9. The van der Waals surface area contributed by atoms with Crippen LogP contribution in [0.15, 0.2) is 36.5 Å². The van der Waals surface area contributed by atoms with E-state index in [2.05, 4.69) is 10.4 Å². The van der Waals surface area contributed by atoms with Gasteiger partial charge in [-0.1, -0.05) is 12.1 Å². The molecule has 0 saturated carbocycles. The van der Waals surface area contributed by atoms with Crippen molar-refractivity contribution in [3.05, 3.63) is 47.8 Å². The van der Waals surface area contributed by atoms with E-state index in [1.807, 2.05) is 6.92 Å². The van der Waals surface area contributed by atoms with Gasteiger partial charge in [0, 0.05) is 12.7 Å². The zero-order valence-electron chi connectivity index (χ0n) is 12.4. The molecule has 8 heteroatoms. The number of nitrogens with one attached hydrogen (secondary N) is 1. The molecule has 1 aromatic carbocycles. The van der Waals surface area contributed by atoms with E-state index in [-0.39, 0.29) is 19.0 Å². The first-order valence-corrected chi connectivity index (χ1v) is 7.02. The highest BCUT2D eigenvalue weighted by atomic mass is 19.4. The topological polar surface area (TPSA) is 56.1 Å². The number of ether oxygens (including phenoxy) is 1. The third-order valence-corrected chi connectivity index (χ3v) is 2.99. The molecular formula is C15H16F3N3O2. The maximum Gasteiger partial charge on any atom is 0.435 e. The highest BCUT2D eigenvalue weighted by molar-refractivity contribution is 5.96. The van der Waals surface area contributed by atoms with Gasteiger partial charge in [0.1, 0.15) is 5.75 Å². The number of alkyl halides is 3. The summed E-state index contributed by atoms with van der Waals surface area (Å²) in [5, 5.41) is 6.05. The quantitative estimate of drug-likeness (QED) is 0.887. The number of halogens is 3. The van der Waals surface area contributed by atoms with E-state index < -0.39 is 11.9 Å². The van der Waals surface area contributed by atoms with Crippen LogP contribution in [0.1, 0.15) is 23.0 Å². The fourth-order valence-corrected chi connectivity index (χ4v) is 1.95. The van der Waals surface area contributed by atoms with Gasteiger partial charge in [-0.2, -0.15) is 18.3 Å². The van der Waals surface area contributed by atoms with Gasteiger partial charge in [-0.3, -0.25) is 9.48 Å². The molecule has 0 fully saturated rings. The molecule has 0 bridgehead atoms. The Morgan fingerprint density at radius 1 is 1.30 bits per heavy atom. The zero-order chi connectivity index (χ0) is 16.9. The largest absolute Gasteiger partial charge is 0.493 e. The summed E-state index contributed by atoms with van der Waals surface area (Å²) in [6.07, 6.45) is -3.24. The fourth-order valence-electron chi connectivity index (χ4n) is 1.95. The summed E-state index contributed by atoms with van der Waals surface area (Å²) in [4.78, 5) is 12.1. The molecule has 1 heterocycles. The highest BCUT2D eigenvalue weighted by Crippen LogP contribution is 2.27. The standard InChI is InChI=1S/C15H16F3N3O2/c1-2-23-12-6-4-3-5-11(12)14(22)19-8-10-21-9-7-13(20-21)15(16,17)18/h3-7,9H,2,8,10H2,1H3,(H,19,22). The van der Waals surface area contributed by atoms with Crippen LogP contribution in [0.4, 0.5) is 13.2 Å². The number of aromatic nitrogens is 2. The Morgan fingerprint density at radius 2 is 2.04 bits per heavy atom. The molecular weight excluding hydrogens is 311 g/mol. The molecule has 0 atom stereocenters. The molecule has 1 aromatic heterocycles. The van der Waals surface area contributed by atoms with E-state index >= 15 is 0 Å². The van der Waals surface area contributed by atoms with Crippen molar-refractivity contribution in [2.45, 2.75) is 19.6 Å². The molecule has 1 N–H and O–H groups in total. The lowest BCUT2D eigenvalue weighted by Crippen LogP contribution is -2.28. The fraction of sp³-hybridized carbons (Fsp3) is 0.333. The van der Waals surface area contributed by atoms with Crippen molar-refractivity contribution in [1.29, 1.82) is 0 Å². The van der Waals surface area contributed by atoms with Crippen molar-refractivity contribution in [3.8, 4) is 5.75 Å². The van der Waals surface area contributed by atoms with Gasteiger partial charge in [0.05, 0.1) is 18.7 Å². The first-order valence-electron chi connectivity index (χ1n) is 7.02. The van der Waals surface area contributed by atoms with Crippen LogP contribution in [0, 0.1) is 0 Å². The van der Waals surface area contributed by atoms with Crippen molar-refractivity contribution in [3.63, 3.8) is 0 Å². The lowest BCUT2D eigenvalue weighted by atomic mass is 10.2. The number of nitrogens with zero attached hydrogens (tertiary/aromatic N) is 2. The third kappa shape index (κ3) is 4.48. The lowest BCUT2D eigenvalue weighted by molar-refractivity contribution is -0.141. The zero-order valence-corrected chi connectivity index (χ0v) is 12.4.